The summed E-state index contributed by atoms with van der Waals surface area (Å²) in [5, 5.41) is 17.4. The lowest BCUT2D eigenvalue weighted by Gasteiger charge is -2.38. The van der Waals surface area contributed by atoms with Crippen molar-refractivity contribution in [1.29, 1.82) is 0 Å². The van der Waals surface area contributed by atoms with Crippen LogP contribution in [0.2, 0.25) is 0 Å². The molecule has 0 aromatic heterocycles. The number of halogens is 1. The zero-order valence-electron chi connectivity index (χ0n) is 17.1. The second-order valence-corrected chi connectivity index (χ2v) is 8.34. The lowest BCUT2D eigenvalue weighted by molar-refractivity contribution is -0.0203. The first-order chi connectivity index (χ1) is 15.1. The molecule has 6 nitrogen and oxygen atoms in total. The maximum absolute atomic E-state index is 10.6. The summed E-state index contributed by atoms with van der Waals surface area (Å²) in [7, 11) is 3.24. The quantitative estimate of drug-likeness (QED) is 0.540. The van der Waals surface area contributed by atoms with Crippen molar-refractivity contribution in [2.24, 2.45) is 5.10 Å². The van der Waals surface area contributed by atoms with Gasteiger partial charge in [0.25, 0.3) is 0 Å². The van der Waals surface area contributed by atoms with Crippen molar-refractivity contribution >= 4 is 21.6 Å². The summed E-state index contributed by atoms with van der Waals surface area (Å²) in [4.78, 5) is 0. The first-order valence-corrected chi connectivity index (χ1v) is 10.7. The Bertz CT molecular complexity index is 1180. The van der Waals surface area contributed by atoms with Gasteiger partial charge in [-0.1, -0.05) is 34.1 Å². The number of nitrogens with zero attached hydrogens (tertiary/aromatic N) is 2. The number of methoxy groups -OCH3 is 2. The molecule has 2 aliphatic rings. The molecule has 7 heteroatoms. The molecule has 0 amide bonds. The Kier molecular flexibility index (Phi) is 4.98. The molecule has 0 spiro atoms. The number of benzene rings is 3. The number of phenols is 1. The van der Waals surface area contributed by atoms with Gasteiger partial charge < -0.3 is 19.3 Å². The molecule has 31 heavy (non-hydrogen) atoms. The van der Waals surface area contributed by atoms with Gasteiger partial charge in [0.2, 0.25) is 6.23 Å². The standard InChI is InChI=1S/C24H21BrN2O4/c1-29-22-10-7-14(11-23(22)30-2)18-13-19-16-5-3-4-6-21(16)31-24(27(19)26-18)17-12-15(25)8-9-20(17)28/h3-12,19,24,28H,13H2,1-2H3/t19-,24-/m0/s1. The predicted molar refractivity (Wildman–Crippen MR) is 121 cm³/mol. The lowest BCUT2D eigenvalue weighted by atomic mass is 9.95. The Labute approximate surface area is 188 Å². The molecule has 5 rings (SSSR count). The molecule has 3 aromatic rings. The minimum atomic E-state index is -0.546. The number of ether oxygens (including phenoxy) is 3. The number of aromatic hydroxyl groups is 1. The fourth-order valence-electron chi connectivity index (χ4n) is 4.15. The average molecular weight is 481 g/mol. The second kappa shape index (κ2) is 7.81. The predicted octanol–water partition coefficient (Wildman–Crippen LogP) is 5.41. The Morgan fingerprint density at radius 2 is 1.81 bits per heavy atom. The summed E-state index contributed by atoms with van der Waals surface area (Å²) in [5.74, 6) is 2.30. The van der Waals surface area contributed by atoms with Crippen LogP contribution >= 0.6 is 15.9 Å². The number of fused-ring (bicyclic) bond motifs is 3. The van der Waals surface area contributed by atoms with E-state index in [4.69, 9.17) is 19.3 Å². The number of para-hydroxylation sites is 1. The van der Waals surface area contributed by atoms with Crippen molar-refractivity contribution in [2.75, 3.05) is 14.2 Å². The highest BCUT2D eigenvalue weighted by atomic mass is 79.9. The van der Waals surface area contributed by atoms with Crippen LogP contribution in [0, 0.1) is 0 Å². The van der Waals surface area contributed by atoms with E-state index < -0.39 is 6.23 Å². The molecule has 2 atom stereocenters. The minimum Gasteiger partial charge on any atom is -0.507 e. The van der Waals surface area contributed by atoms with Crippen molar-refractivity contribution in [3.05, 3.63) is 81.8 Å². The maximum Gasteiger partial charge on any atom is 0.217 e. The fourth-order valence-corrected chi connectivity index (χ4v) is 4.53. The maximum atomic E-state index is 10.6. The summed E-state index contributed by atoms with van der Waals surface area (Å²) < 4.78 is 18.0. The van der Waals surface area contributed by atoms with Crippen LogP contribution in [-0.4, -0.2) is 30.0 Å². The summed E-state index contributed by atoms with van der Waals surface area (Å²) in [5.41, 5.74) is 3.62. The molecule has 0 saturated carbocycles. The Morgan fingerprint density at radius 3 is 2.61 bits per heavy atom. The van der Waals surface area contributed by atoms with Crippen LogP contribution in [0.4, 0.5) is 0 Å². The fraction of sp³-hybridized carbons (Fsp3) is 0.208. The van der Waals surface area contributed by atoms with Crippen molar-refractivity contribution in [1.82, 2.24) is 5.01 Å². The van der Waals surface area contributed by atoms with Gasteiger partial charge in [-0.05, 0) is 42.5 Å². The SMILES string of the molecule is COc1ccc(C2=NN3[C@@H](C2)c2ccccc2O[C@H]3c2cc(Br)ccc2O)cc1OC. The molecule has 0 aliphatic carbocycles. The van der Waals surface area contributed by atoms with Gasteiger partial charge in [-0.3, -0.25) is 0 Å². The molecule has 0 fully saturated rings. The highest BCUT2D eigenvalue weighted by molar-refractivity contribution is 9.10. The first kappa shape index (κ1) is 19.8. The smallest absolute Gasteiger partial charge is 0.217 e. The molecule has 0 saturated heterocycles. The van der Waals surface area contributed by atoms with Crippen molar-refractivity contribution in [3.63, 3.8) is 0 Å². The van der Waals surface area contributed by atoms with E-state index in [1.54, 1.807) is 26.4 Å². The minimum absolute atomic E-state index is 0.00331. The first-order valence-electron chi connectivity index (χ1n) is 9.91. The van der Waals surface area contributed by atoms with Crippen molar-refractivity contribution in [3.8, 4) is 23.0 Å². The Balaban J connectivity index is 1.60. The van der Waals surface area contributed by atoms with Crippen molar-refractivity contribution < 1.29 is 19.3 Å². The van der Waals surface area contributed by atoms with E-state index in [0.717, 1.165) is 27.1 Å². The van der Waals surface area contributed by atoms with Crippen LogP contribution in [0.25, 0.3) is 0 Å². The van der Waals surface area contributed by atoms with Gasteiger partial charge in [0.15, 0.2) is 11.5 Å². The molecule has 2 aliphatic heterocycles. The number of hydrazone groups is 1. The summed E-state index contributed by atoms with van der Waals surface area (Å²) in [6.45, 7) is 0. The van der Waals surface area contributed by atoms with Crippen LogP contribution in [0.5, 0.6) is 23.0 Å². The van der Waals surface area contributed by atoms with E-state index in [0.29, 0.717) is 23.5 Å². The van der Waals surface area contributed by atoms with Crippen molar-refractivity contribution in [2.45, 2.75) is 18.7 Å². The van der Waals surface area contributed by atoms with E-state index in [1.165, 1.54) is 0 Å². The molecule has 0 unspecified atom stereocenters. The number of phenolic OH excluding ortho intramolecular Hbond substituents is 1. The molecule has 2 heterocycles. The van der Waals surface area contributed by atoms with Gasteiger partial charge in [-0.2, -0.15) is 5.10 Å². The number of hydrogen-bond donors (Lipinski definition) is 1. The highest BCUT2D eigenvalue weighted by Gasteiger charge is 2.41. The summed E-state index contributed by atoms with van der Waals surface area (Å²) in [6.07, 6.45) is 0.163. The molecule has 158 valence electrons. The number of rotatable bonds is 4. The van der Waals surface area contributed by atoms with Gasteiger partial charge >= 0.3 is 0 Å². The van der Waals surface area contributed by atoms with Crippen LogP contribution in [-0.2, 0) is 0 Å². The van der Waals surface area contributed by atoms with E-state index in [9.17, 15) is 5.11 Å². The number of hydrogen-bond acceptors (Lipinski definition) is 6. The van der Waals surface area contributed by atoms with E-state index in [-0.39, 0.29) is 11.8 Å². The van der Waals surface area contributed by atoms with Gasteiger partial charge in [0, 0.05) is 22.0 Å². The Hall–Kier alpha value is -3.19. The van der Waals surface area contributed by atoms with Crippen LogP contribution < -0.4 is 14.2 Å². The van der Waals surface area contributed by atoms with E-state index >= 15 is 0 Å². The third kappa shape index (κ3) is 3.39. The molecule has 0 radical (unpaired) electrons. The monoisotopic (exact) mass is 480 g/mol. The van der Waals surface area contributed by atoms with E-state index in [1.807, 2.05) is 47.5 Å². The summed E-state index contributed by atoms with van der Waals surface area (Å²) >= 11 is 3.50. The molecule has 3 aromatic carbocycles. The molecular weight excluding hydrogens is 460 g/mol. The van der Waals surface area contributed by atoms with Crippen LogP contribution in [0.3, 0.4) is 0 Å². The Morgan fingerprint density at radius 1 is 1.00 bits per heavy atom. The summed E-state index contributed by atoms with van der Waals surface area (Å²) in [6, 6.07) is 19.1. The van der Waals surface area contributed by atoms with Gasteiger partial charge in [0.05, 0.1) is 31.5 Å². The average Bonchev–Trinajstić information content (AvgIpc) is 3.25. The lowest BCUT2D eigenvalue weighted by Crippen LogP contribution is -2.33. The topological polar surface area (TPSA) is 63.5 Å². The second-order valence-electron chi connectivity index (χ2n) is 7.43. The van der Waals surface area contributed by atoms with Crippen LogP contribution in [0.1, 0.15) is 35.4 Å². The molecule has 1 N–H and O–H groups in total. The van der Waals surface area contributed by atoms with Gasteiger partial charge in [0.1, 0.15) is 11.5 Å². The zero-order chi connectivity index (χ0) is 21.5. The largest absolute Gasteiger partial charge is 0.507 e. The highest BCUT2D eigenvalue weighted by Crippen LogP contribution is 2.49. The molecule has 0 bridgehead atoms. The van der Waals surface area contributed by atoms with Gasteiger partial charge in [-0.25, -0.2) is 5.01 Å². The van der Waals surface area contributed by atoms with Gasteiger partial charge in [-0.15, -0.1) is 0 Å². The third-order valence-corrected chi connectivity index (χ3v) is 6.16. The molecular formula is C24H21BrN2O4. The zero-order valence-corrected chi connectivity index (χ0v) is 18.7. The third-order valence-electron chi connectivity index (χ3n) is 5.67. The normalized spacial score (nSPS) is 19.2. The van der Waals surface area contributed by atoms with E-state index in [2.05, 4.69) is 22.0 Å². The van der Waals surface area contributed by atoms with Crippen LogP contribution in [0.15, 0.2) is 70.2 Å².